The van der Waals surface area contributed by atoms with Crippen molar-refractivity contribution in [2.75, 3.05) is 13.7 Å². The standard InChI is InChI=1S/C21H29NO2/c1-16(9-10-18-7-5-4-6-8-18)15-22-17(2)21(23)19-11-13-20(24-3)14-12-19/h4-8,11-14,16-17,21-23H,9-10,15H2,1-3H3/t16-,17-,21+/m0/s1. The van der Waals surface area contributed by atoms with Gasteiger partial charge in [0.2, 0.25) is 0 Å². The Morgan fingerprint density at radius 2 is 1.67 bits per heavy atom. The molecule has 0 heterocycles. The SMILES string of the molecule is COc1ccc([C@H](O)[C@H](C)NC[C@@H](C)CCc2ccccc2)cc1. The Morgan fingerprint density at radius 1 is 1.00 bits per heavy atom. The first-order valence-electron chi connectivity index (χ1n) is 8.69. The minimum atomic E-state index is -0.516. The van der Waals surface area contributed by atoms with Crippen molar-refractivity contribution >= 4 is 0 Å². The van der Waals surface area contributed by atoms with Gasteiger partial charge in [-0.3, -0.25) is 0 Å². The molecule has 0 aliphatic rings. The largest absolute Gasteiger partial charge is 0.497 e. The third kappa shape index (κ3) is 5.66. The molecule has 3 atom stereocenters. The summed E-state index contributed by atoms with van der Waals surface area (Å²) in [7, 11) is 1.65. The van der Waals surface area contributed by atoms with Gasteiger partial charge in [-0.2, -0.15) is 0 Å². The van der Waals surface area contributed by atoms with E-state index in [1.54, 1.807) is 7.11 Å². The highest BCUT2D eigenvalue weighted by Gasteiger charge is 2.16. The van der Waals surface area contributed by atoms with Gasteiger partial charge in [0.05, 0.1) is 13.2 Å². The van der Waals surface area contributed by atoms with E-state index >= 15 is 0 Å². The van der Waals surface area contributed by atoms with Crippen molar-refractivity contribution in [3.05, 3.63) is 65.7 Å². The second-order valence-corrected chi connectivity index (χ2v) is 6.54. The molecule has 0 fully saturated rings. The van der Waals surface area contributed by atoms with Gasteiger partial charge in [-0.05, 0) is 55.5 Å². The van der Waals surface area contributed by atoms with Crippen LogP contribution in [0.4, 0.5) is 0 Å². The van der Waals surface area contributed by atoms with Crippen LogP contribution in [0.5, 0.6) is 5.75 Å². The summed E-state index contributed by atoms with van der Waals surface area (Å²) in [5.74, 6) is 1.37. The van der Waals surface area contributed by atoms with Crippen molar-refractivity contribution in [3.63, 3.8) is 0 Å². The molecule has 0 spiro atoms. The molecule has 2 N–H and O–H groups in total. The van der Waals surface area contributed by atoms with Crippen LogP contribution in [-0.4, -0.2) is 24.8 Å². The molecule has 2 rings (SSSR count). The van der Waals surface area contributed by atoms with Crippen LogP contribution in [0.1, 0.15) is 37.5 Å². The average molecular weight is 327 g/mol. The van der Waals surface area contributed by atoms with E-state index in [1.165, 1.54) is 5.56 Å². The number of aryl methyl sites for hydroxylation is 1. The van der Waals surface area contributed by atoms with Gasteiger partial charge in [0.1, 0.15) is 5.75 Å². The number of hydrogen-bond donors (Lipinski definition) is 2. The molecule has 130 valence electrons. The van der Waals surface area contributed by atoms with Crippen molar-refractivity contribution in [1.29, 1.82) is 0 Å². The van der Waals surface area contributed by atoms with Gasteiger partial charge in [-0.15, -0.1) is 0 Å². The van der Waals surface area contributed by atoms with E-state index in [-0.39, 0.29) is 6.04 Å². The molecule has 0 saturated carbocycles. The Kier molecular flexibility index (Phi) is 7.29. The zero-order valence-electron chi connectivity index (χ0n) is 14.9. The third-order valence-electron chi connectivity index (χ3n) is 4.49. The fraction of sp³-hybridized carbons (Fsp3) is 0.429. The topological polar surface area (TPSA) is 41.5 Å². The van der Waals surface area contributed by atoms with Crippen LogP contribution in [0.15, 0.2) is 54.6 Å². The molecule has 0 aromatic heterocycles. The van der Waals surface area contributed by atoms with Crippen LogP contribution >= 0.6 is 0 Å². The molecular weight excluding hydrogens is 298 g/mol. The van der Waals surface area contributed by atoms with Crippen molar-refractivity contribution in [1.82, 2.24) is 5.32 Å². The smallest absolute Gasteiger partial charge is 0.118 e. The van der Waals surface area contributed by atoms with Crippen molar-refractivity contribution in [2.24, 2.45) is 5.92 Å². The van der Waals surface area contributed by atoms with Gasteiger partial charge in [-0.25, -0.2) is 0 Å². The molecule has 0 amide bonds. The maximum atomic E-state index is 10.5. The lowest BCUT2D eigenvalue weighted by molar-refractivity contribution is 0.133. The normalized spacial score (nSPS) is 14.8. The number of benzene rings is 2. The number of nitrogens with one attached hydrogen (secondary N) is 1. The summed E-state index contributed by atoms with van der Waals surface area (Å²) < 4.78 is 5.15. The lowest BCUT2D eigenvalue weighted by atomic mass is 9.99. The highest BCUT2D eigenvalue weighted by Crippen LogP contribution is 2.20. The first-order valence-corrected chi connectivity index (χ1v) is 8.69. The highest BCUT2D eigenvalue weighted by atomic mass is 16.5. The second kappa shape index (κ2) is 9.45. The molecule has 0 aliphatic carbocycles. The Balaban J connectivity index is 1.75. The van der Waals surface area contributed by atoms with Crippen LogP contribution in [-0.2, 0) is 6.42 Å². The van der Waals surface area contributed by atoms with Crippen molar-refractivity contribution in [3.8, 4) is 5.75 Å². The fourth-order valence-corrected chi connectivity index (χ4v) is 2.75. The zero-order chi connectivity index (χ0) is 17.4. The maximum absolute atomic E-state index is 10.5. The minimum Gasteiger partial charge on any atom is -0.497 e. The molecule has 0 aliphatic heterocycles. The van der Waals surface area contributed by atoms with Crippen LogP contribution in [0.25, 0.3) is 0 Å². The van der Waals surface area contributed by atoms with Gasteiger partial charge in [0.25, 0.3) is 0 Å². The second-order valence-electron chi connectivity index (χ2n) is 6.54. The molecule has 0 radical (unpaired) electrons. The molecule has 3 heteroatoms. The predicted molar refractivity (Wildman–Crippen MR) is 99.3 cm³/mol. The van der Waals surface area contributed by atoms with E-state index in [4.69, 9.17) is 4.74 Å². The Hall–Kier alpha value is -1.84. The highest BCUT2D eigenvalue weighted by molar-refractivity contribution is 5.29. The van der Waals surface area contributed by atoms with E-state index in [0.717, 1.165) is 30.7 Å². The van der Waals surface area contributed by atoms with Crippen molar-refractivity contribution < 1.29 is 9.84 Å². The number of ether oxygens (including phenoxy) is 1. The molecule has 0 unspecified atom stereocenters. The third-order valence-corrected chi connectivity index (χ3v) is 4.49. The summed E-state index contributed by atoms with van der Waals surface area (Å²) in [4.78, 5) is 0. The molecule has 0 saturated heterocycles. The van der Waals surface area contributed by atoms with E-state index in [9.17, 15) is 5.11 Å². The van der Waals surface area contributed by atoms with Crippen LogP contribution in [0.2, 0.25) is 0 Å². The summed E-state index contributed by atoms with van der Waals surface area (Å²) >= 11 is 0. The lowest BCUT2D eigenvalue weighted by Gasteiger charge is -2.23. The van der Waals surface area contributed by atoms with Gasteiger partial charge in [-0.1, -0.05) is 49.4 Å². The molecule has 3 nitrogen and oxygen atoms in total. The maximum Gasteiger partial charge on any atom is 0.118 e. The van der Waals surface area contributed by atoms with E-state index in [1.807, 2.05) is 31.2 Å². The zero-order valence-corrected chi connectivity index (χ0v) is 14.9. The number of methoxy groups -OCH3 is 1. The Morgan fingerprint density at radius 3 is 2.29 bits per heavy atom. The van der Waals surface area contributed by atoms with E-state index < -0.39 is 6.10 Å². The fourth-order valence-electron chi connectivity index (χ4n) is 2.75. The number of aliphatic hydroxyl groups excluding tert-OH is 1. The van der Waals surface area contributed by atoms with Crippen LogP contribution in [0.3, 0.4) is 0 Å². The summed E-state index contributed by atoms with van der Waals surface area (Å²) in [6.07, 6.45) is 1.72. The first-order chi connectivity index (χ1) is 11.6. The molecule has 2 aromatic rings. The Labute approximate surface area is 145 Å². The van der Waals surface area contributed by atoms with Crippen LogP contribution in [0, 0.1) is 5.92 Å². The quantitative estimate of drug-likeness (QED) is 0.732. The van der Waals surface area contributed by atoms with Gasteiger partial charge < -0.3 is 15.2 Å². The van der Waals surface area contributed by atoms with Gasteiger partial charge in [0, 0.05) is 6.04 Å². The average Bonchev–Trinajstić information content (AvgIpc) is 2.64. The lowest BCUT2D eigenvalue weighted by Crippen LogP contribution is -2.35. The molecule has 2 aromatic carbocycles. The Bertz CT molecular complexity index is 583. The minimum absolute atomic E-state index is 0.0116. The number of hydrogen-bond acceptors (Lipinski definition) is 3. The number of aliphatic hydroxyl groups is 1. The predicted octanol–water partition coefficient (Wildman–Crippen LogP) is 3.98. The summed E-state index contributed by atoms with van der Waals surface area (Å²) in [6.45, 7) is 5.18. The van der Waals surface area contributed by atoms with Crippen molar-refractivity contribution in [2.45, 2.75) is 38.8 Å². The van der Waals surface area contributed by atoms with Gasteiger partial charge in [0.15, 0.2) is 0 Å². The first kappa shape index (κ1) is 18.5. The monoisotopic (exact) mass is 327 g/mol. The van der Waals surface area contributed by atoms with E-state index in [0.29, 0.717) is 5.92 Å². The molecule has 0 bridgehead atoms. The molecule has 24 heavy (non-hydrogen) atoms. The van der Waals surface area contributed by atoms with Crippen LogP contribution < -0.4 is 10.1 Å². The van der Waals surface area contributed by atoms with Gasteiger partial charge >= 0.3 is 0 Å². The summed E-state index contributed by atoms with van der Waals surface area (Å²) in [5, 5.41) is 13.9. The number of rotatable bonds is 9. The summed E-state index contributed by atoms with van der Waals surface area (Å²) in [5.41, 5.74) is 2.29. The molecular formula is C21H29NO2. The van der Waals surface area contributed by atoms with E-state index in [2.05, 4.69) is 42.6 Å². The summed E-state index contributed by atoms with van der Waals surface area (Å²) in [6, 6.07) is 18.2.